The third kappa shape index (κ3) is 11.7. The van der Waals surface area contributed by atoms with Gasteiger partial charge in [0.25, 0.3) is 0 Å². The summed E-state index contributed by atoms with van der Waals surface area (Å²) >= 11 is 0. The fraction of sp³-hybridized carbons (Fsp3) is 0.500. The summed E-state index contributed by atoms with van der Waals surface area (Å²) in [6.45, 7) is 3.48. The Morgan fingerprint density at radius 3 is 1.95 bits per heavy atom. The molecule has 0 fully saturated rings. The Labute approximate surface area is 220 Å². The third-order valence-electron chi connectivity index (χ3n) is 5.51. The Balaban J connectivity index is 3.09. The van der Waals surface area contributed by atoms with E-state index in [1.165, 1.54) is 0 Å². The van der Waals surface area contributed by atoms with E-state index in [0.717, 1.165) is 0 Å². The number of nitrogens with two attached hydrogens (primary N) is 3. The Bertz CT molecular complexity index is 997. The molecule has 3 amide bonds. The lowest BCUT2D eigenvalue weighted by molar-refractivity contribution is -0.143. The lowest BCUT2D eigenvalue weighted by Gasteiger charge is -2.25. The minimum atomic E-state index is -1.53. The fourth-order valence-corrected chi connectivity index (χ4v) is 3.32. The maximum Gasteiger partial charge on any atom is 0.326 e. The van der Waals surface area contributed by atoms with Crippen molar-refractivity contribution in [3.05, 3.63) is 35.9 Å². The van der Waals surface area contributed by atoms with Crippen molar-refractivity contribution < 1.29 is 34.2 Å². The summed E-state index contributed by atoms with van der Waals surface area (Å²) in [5, 5.41) is 26.0. The quantitative estimate of drug-likeness (QED) is 0.0675. The summed E-state index contributed by atoms with van der Waals surface area (Å²) in [5.41, 5.74) is 17.1. The van der Waals surface area contributed by atoms with Crippen LogP contribution in [0.15, 0.2) is 35.3 Å². The molecule has 0 aliphatic heterocycles. The molecule has 14 heteroatoms. The average molecular weight is 536 g/mol. The van der Waals surface area contributed by atoms with E-state index in [4.69, 9.17) is 17.2 Å². The maximum absolute atomic E-state index is 13.1. The predicted molar refractivity (Wildman–Crippen MR) is 139 cm³/mol. The first-order chi connectivity index (χ1) is 17.8. The third-order valence-corrected chi connectivity index (χ3v) is 5.51. The maximum atomic E-state index is 13.1. The molecular weight excluding hydrogens is 498 g/mol. The second kappa shape index (κ2) is 15.8. The van der Waals surface area contributed by atoms with Crippen LogP contribution in [0, 0.1) is 5.92 Å². The van der Waals surface area contributed by atoms with Crippen LogP contribution in [0.3, 0.4) is 0 Å². The van der Waals surface area contributed by atoms with Gasteiger partial charge in [0.05, 0.1) is 12.5 Å². The Kier molecular flexibility index (Phi) is 13.2. The van der Waals surface area contributed by atoms with E-state index in [0.29, 0.717) is 5.56 Å². The van der Waals surface area contributed by atoms with Crippen LogP contribution in [0.1, 0.15) is 38.7 Å². The number of carbonyl (C=O) groups excluding carboxylic acids is 3. The molecule has 1 aromatic rings. The van der Waals surface area contributed by atoms with Gasteiger partial charge in [0, 0.05) is 13.0 Å². The van der Waals surface area contributed by atoms with Crippen molar-refractivity contribution in [1.29, 1.82) is 0 Å². The van der Waals surface area contributed by atoms with Crippen molar-refractivity contribution in [2.24, 2.45) is 28.1 Å². The molecule has 38 heavy (non-hydrogen) atoms. The van der Waals surface area contributed by atoms with Gasteiger partial charge in [-0.25, -0.2) is 4.79 Å². The van der Waals surface area contributed by atoms with Gasteiger partial charge >= 0.3 is 11.9 Å². The summed E-state index contributed by atoms with van der Waals surface area (Å²) in [4.78, 5) is 65.4. The Morgan fingerprint density at radius 2 is 1.42 bits per heavy atom. The first-order valence-corrected chi connectivity index (χ1v) is 12.0. The van der Waals surface area contributed by atoms with Gasteiger partial charge in [0.2, 0.25) is 17.7 Å². The zero-order valence-electron chi connectivity index (χ0n) is 21.4. The van der Waals surface area contributed by atoms with E-state index >= 15 is 0 Å². The van der Waals surface area contributed by atoms with Gasteiger partial charge in [0.1, 0.15) is 18.1 Å². The predicted octanol–water partition coefficient (Wildman–Crippen LogP) is -1.72. The van der Waals surface area contributed by atoms with E-state index in [2.05, 4.69) is 20.9 Å². The topological polar surface area (TPSA) is 252 Å². The number of nitrogens with zero attached hydrogens (tertiary/aromatic N) is 1. The largest absolute Gasteiger partial charge is 0.481 e. The Morgan fingerprint density at radius 1 is 0.868 bits per heavy atom. The van der Waals surface area contributed by atoms with Gasteiger partial charge in [-0.15, -0.1) is 0 Å². The summed E-state index contributed by atoms with van der Waals surface area (Å²) in [6.07, 6.45) is -0.565. The summed E-state index contributed by atoms with van der Waals surface area (Å²) in [5.74, 6) is -5.61. The number of carbonyl (C=O) groups is 5. The van der Waals surface area contributed by atoms with Gasteiger partial charge in [-0.1, -0.05) is 44.2 Å². The van der Waals surface area contributed by atoms with Crippen molar-refractivity contribution in [3.8, 4) is 0 Å². The number of aliphatic imine (C=N–C) groups is 1. The van der Waals surface area contributed by atoms with Gasteiger partial charge in [-0.05, 0) is 24.3 Å². The van der Waals surface area contributed by atoms with Crippen LogP contribution in [-0.2, 0) is 30.4 Å². The van der Waals surface area contributed by atoms with E-state index in [1.807, 2.05) is 0 Å². The van der Waals surface area contributed by atoms with Crippen LogP contribution in [0.2, 0.25) is 0 Å². The second-order valence-corrected chi connectivity index (χ2v) is 9.03. The number of hydrogen-bond acceptors (Lipinski definition) is 7. The number of hydrogen-bond donors (Lipinski definition) is 8. The van der Waals surface area contributed by atoms with E-state index in [1.54, 1.807) is 44.2 Å². The van der Waals surface area contributed by atoms with E-state index in [-0.39, 0.29) is 37.7 Å². The second-order valence-electron chi connectivity index (χ2n) is 9.03. The molecule has 0 saturated carbocycles. The first-order valence-electron chi connectivity index (χ1n) is 12.0. The number of rotatable bonds is 16. The summed E-state index contributed by atoms with van der Waals surface area (Å²) in [6, 6.07) is 3.52. The molecule has 1 rings (SSSR count). The number of benzene rings is 1. The molecule has 0 saturated heterocycles. The molecule has 1 aromatic carbocycles. The molecule has 4 atom stereocenters. The fourth-order valence-electron chi connectivity index (χ4n) is 3.32. The highest BCUT2D eigenvalue weighted by molar-refractivity contribution is 5.95. The smallest absolute Gasteiger partial charge is 0.326 e. The van der Waals surface area contributed by atoms with Crippen molar-refractivity contribution >= 4 is 35.6 Å². The lowest BCUT2D eigenvalue weighted by Crippen LogP contribution is -2.58. The first kappa shape index (κ1) is 31.8. The zero-order chi connectivity index (χ0) is 28.8. The van der Waals surface area contributed by atoms with Crippen molar-refractivity contribution in [1.82, 2.24) is 16.0 Å². The highest BCUT2D eigenvalue weighted by Crippen LogP contribution is 2.07. The molecule has 0 aliphatic carbocycles. The van der Waals surface area contributed by atoms with Gasteiger partial charge < -0.3 is 43.4 Å². The molecule has 0 spiro atoms. The number of carboxylic acids is 2. The molecule has 0 radical (unpaired) electrons. The minimum Gasteiger partial charge on any atom is -0.481 e. The van der Waals surface area contributed by atoms with Crippen molar-refractivity contribution in [2.75, 3.05) is 6.54 Å². The van der Waals surface area contributed by atoms with Crippen LogP contribution < -0.4 is 33.2 Å². The number of aliphatic carboxylic acids is 2. The average Bonchev–Trinajstić information content (AvgIpc) is 2.84. The van der Waals surface area contributed by atoms with Crippen molar-refractivity contribution in [3.63, 3.8) is 0 Å². The van der Waals surface area contributed by atoms with Crippen LogP contribution in [0.4, 0.5) is 0 Å². The highest BCUT2D eigenvalue weighted by Gasteiger charge is 2.31. The molecule has 0 aliphatic rings. The standard InChI is InChI=1S/C24H37N7O7/c1-13(2)19(25)22(36)30-16(12-18(32)33)21(35)29-15(9-6-10-28-24(26)27)20(34)31-17(23(37)38)11-14-7-4-3-5-8-14/h3-5,7-8,13,15-17,19H,6,9-12,25H2,1-2H3,(H,29,35)(H,30,36)(H,31,34)(H,32,33)(H,37,38)(H4,26,27,28). The number of carboxylic acid groups (broad SMARTS) is 2. The molecule has 0 aromatic heterocycles. The summed E-state index contributed by atoms with van der Waals surface area (Å²) < 4.78 is 0. The van der Waals surface area contributed by atoms with Crippen LogP contribution >= 0.6 is 0 Å². The number of nitrogens with one attached hydrogen (secondary N) is 3. The van der Waals surface area contributed by atoms with Crippen LogP contribution in [-0.4, -0.2) is 76.5 Å². The van der Waals surface area contributed by atoms with Crippen molar-refractivity contribution in [2.45, 2.75) is 63.7 Å². The van der Waals surface area contributed by atoms with E-state index in [9.17, 15) is 34.2 Å². The Hall–Kier alpha value is -4.20. The molecule has 11 N–H and O–H groups in total. The molecule has 14 nitrogen and oxygen atoms in total. The molecule has 4 unspecified atom stereocenters. The normalized spacial score (nSPS) is 13.9. The number of amides is 3. The SMILES string of the molecule is CC(C)C(N)C(=O)NC(CC(=O)O)C(=O)NC(CCCN=C(N)N)C(=O)NC(Cc1ccccc1)C(=O)O. The zero-order valence-corrected chi connectivity index (χ0v) is 21.4. The highest BCUT2D eigenvalue weighted by atomic mass is 16.4. The van der Waals surface area contributed by atoms with Crippen LogP contribution in [0.25, 0.3) is 0 Å². The summed E-state index contributed by atoms with van der Waals surface area (Å²) in [7, 11) is 0. The number of guanidine groups is 1. The minimum absolute atomic E-state index is 0.00866. The molecule has 0 heterocycles. The van der Waals surface area contributed by atoms with Gasteiger partial charge in [-0.3, -0.25) is 24.2 Å². The lowest BCUT2D eigenvalue weighted by atomic mass is 10.0. The monoisotopic (exact) mass is 535 g/mol. The van der Waals surface area contributed by atoms with E-state index < -0.39 is 60.2 Å². The molecule has 210 valence electrons. The van der Waals surface area contributed by atoms with Crippen LogP contribution in [0.5, 0.6) is 0 Å². The molecular formula is C24H37N7O7. The molecule has 0 bridgehead atoms. The van der Waals surface area contributed by atoms with Gasteiger partial charge in [-0.2, -0.15) is 0 Å². The van der Waals surface area contributed by atoms with Gasteiger partial charge in [0.15, 0.2) is 5.96 Å².